The topological polar surface area (TPSA) is 75.1 Å². The number of hydrogen-bond donors (Lipinski definition) is 2. The van der Waals surface area contributed by atoms with E-state index in [1.807, 2.05) is 0 Å². The molecule has 0 bridgehead atoms. The third kappa shape index (κ3) is 3.63. The molecule has 2 aromatic heterocycles. The second-order valence-electron chi connectivity index (χ2n) is 3.90. The molecule has 0 aliphatic heterocycles. The zero-order valence-electron chi connectivity index (χ0n) is 10.9. The standard InChI is InChI=1S/C14H13N3O2S/c1-10-12(6-4-7-15-10)13(19)17-14-16-9-11(20-14)5-2-3-8-18/h4,6-7,9,18H,3,8H2,1H3,(H,16,17,19). The lowest BCUT2D eigenvalue weighted by molar-refractivity contribution is 0.102. The van der Waals surface area contributed by atoms with Gasteiger partial charge in [0.25, 0.3) is 5.91 Å². The van der Waals surface area contributed by atoms with Gasteiger partial charge in [0.05, 0.1) is 23.2 Å². The molecule has 0 unspecified atom stereocenters. The van der Waals surface area contributed by atoms with Gasteiger partial charge >= 0.3 is 0 Å². The fourth-order valence-corrected chi connectivity index (χ4v) is 2.17. The van der Waals surface area contributed by atoms with Crippen LogP contribution in [0.1, 0.15) is 27.3 Å². The van der Waals surface area contributed by atoms with E-state index in [0.717, 1.165) is 4.88 Å². The Bertz CT molecular complexity index is 670. The molecule has 0 radical (unpaired) electrons. The van der Waals surface area contributed by atoms with Crippen LogP contribution in [0.2, 0.25) is 0 Å². The van der Waals surface area contributed by atoms with Crippen molar-refractivity contribution in [2.75, 3.05) is 11.9 Å². The summed E-state index contributed by atoms with van der Waals surface area (Å²) in [5.41, 5.74) is 1.19. The molecule has 2 N–H and O–H groups in total. The fourth-order valence-electron chi connectivity index (χ4n) is 1.48. The molecule has 2 heterocycles. The molecule has 0 atom stereocenters. The molecule has 20 heavy (non-hydrogen) atoms. The molecule has 5 nitrogen and oxygen atoms in total. The van der Waals surface area contributed by atoms with E-state index in [4.69, 9.17) is 5.11 Å². The summed E-state index contributed by atoms with van der Waals surface area (Å²) in [5.74, 6) is 5.44. The molecule has 0 aliphatic carbocycles. The minimum atomic E-state index is -0.236. The maximum atomic E-state index is 12.1. The first-order valence-corrected chi connectivity index (χ1v) is 6.81. The lowest BCUT2D eigenvalue weighted by Gasteiger charge is -2.03. The highest BCUT2D eigenvalue weighted by molar-refractivity contribution is 7.16. The molecule has 0 aromatic carbocycles. The molecular weight excluding hydrogens is 274 g/mol. The van der Waals surface area contributed by atoms with Gasteiger partial charge in [-0.1, -0.05) is 23.2 Å². The molecule has 0 saturated carbocycles. The van der Waals surface area contributed by atoms with Crippen molar-refractivity contribution in [1.29, 1.82) is 0 Å². The number of aliphatic hydroxyl groups is 1. The number of rotatable bonds is 3. The van der Waals surface area contributed by atoms with Gasteiger partial charge < -0.3 is 5.11 Å². The van der Waals surface area contributed by atoms with Crippen molar-refractivity contribution in [3.63, 3.8) is 0 Å². The molecule has 6 heteroatoms. The van der Waals surface area contributed by atoms with E-state index < -0.39 is 0 Å². The van der Waals surface area contributed by atoms with Gasteiger partial charge in [-0.25, -0.2) is 4.98 Å². The Morgan fingerprint density at radius 2 is 2.35 bits per heavy atom. The second kappa shape index (κ2) is 6.80. The van der Waals surface area contributed by atoms with Crippen LogP contribution in [0, 0.1) is 18.8 Å². The van der Waals surface area contributed by atoms with Crippen LogP contribution in [-0.2, 0) is 0 Å². The van der Waals surface area contributed by atoms with Gasteiger partial charge in [-0.05, 0) is 19.1 Å². The molecule has 2 rings (SSSR count). The minimum absolute atomic E-state index is 0.0374. The van der Waals surface area contributed by atoms with Gasteiger partial charge in [-0.3, -0.25) is 15.1 Å². The second-order valence-corrected chi connectivity index (χ2v) is 4.93. The summed E-state index contributed by atoms with van der Waals surface area (Å²) in [6, 6.07) is 3.43. The normalized spacial score (nSPS) is 9.70. The first-order chi connectivity index (χ1) is 9.70. The monoisotopic (exact) mass is 287 g/mol. The smallest absolute Gasteiger partial charge is 0.259 e. The highest BCUT2D eigenvalue weighted by atomic mass is 32.1. The summed E-state index contributed by atoms with van der Waals surface area (Å²) in [6.45, 7) is 1.82. The van der Waals surface area contributed by atoms with Crippen LogP contribution in [0.4, 0.5) is 5.13 Å². The van der Waals surface area contributed by atoms with Gasteiger partial charge in [0.1, 0.15) is 0 Å². The van der Waals surface area contributed by atoms with E-state index in [0.29, 0.717) is 22.8 Å². The molecular formula is C14H13N3O2S. The predicted molar refractivity (Wildman–Crippen MR) is 77.6 cm³/mol. The summed E-state index contributed by atoms with van der Waals surface area (Å²) in [4.78, 5) is 21.0. The van der Waals surface area contributed by atoms with Crippen LogP contribution in [0.15, 0.2) is 24.5 Å². The van der Waals surface area contributed by atoms with Crippen molar-refractivity contribution < 1.29 is 9.90 Å². The summed E-state index contributed by atoms with van der Waals surface area (Å²) in [5, 5.41) is 11.9. The van der Waals surface area contributed by atoms with E-state index in [-0.39, 0.29) is 12.5 Å². The number of carbonyl (C=O) groups excluding carboxylic acids is 1. The van der Waals surface area contributed by atoms with Crippen molar-refractivity contribution in [2.24, 2.45) is 0 Å². The van der Waals surface area contributed by atoms with Gasteiger partial charge in [-0.15, -0.1) is 0 Å². The molecule has 2 aromatic rings. The van der Waals surface area contributed by atoms with E-state index >= 15 is 0 Å². The Balaban J connectivity index is 2.06. The van der Waals surface area contributed by atoms with Gasteiger partial charge in [0.2, 0.25) is 0 Å². The highest BCUT2D eigenvalue weighted by Crippen LogP contribution is 2.18. The van der Waals surface area contributed by atoms with Gasteiger partial charge in [0.15, 0.2) is 5.13 Å². The highest BCUT2D eigenvalue weighted by Gasteiger charge is 2.11. The van der Waals surface area contributed by atoms with Crippen LogP contribution in [0.3, 0.4) is 0 Å². The largest absolute Gasteiger partial charge is 0.395 e. The third-order valence-electron chi connectivity index (χ3n) is 2.43. The number of aryl methyl sites for hydroxylation is 1. The number of nitrogens with zero attached hydrogens (tertiary/aromatic N) is 2. The number of hydrogen-bond acceptors (Lipinski definition) is 5. The molecule has 102 valence electrons. The molecule has 0 saturated heterocycles. The van der Waals surface area contributed by atoms with Crippen molar-refractivity contribution >= 4 is 22.4 Å². The SMILES string of the molecule is Cc1ncccc1C(=O)Nc1ncc(C#CCCO)s1. The first kappa shape index (κ1) is 14.2. The summed E-state index contributed by atoms with van der Waals surface area (Å²) in [7, 11) is 0. The van der Waals surface area contributed by atoms with Gasteiger partial charge in [-0.2, -0.15) is 0 Å². The average Bonchev–Trinajstić information content (AvgIpc) is 2.87. The van der Waals surface area contributed by atoms with Crippen LogP contribution < -0.4 is 5.32 Å². The number of nitrogens with one attached hydrogen (secondary N) is 1. The number of amides is 1. The van der Waals surface area contributed by atoms with E-state index in [1.165, 1.54) is 11.3 Å². The minimum Gasteiger partial charge on any atom is -0.395 e. The maximum absolute atomic E-state index is 12.1. The van der Waals surface area contributed by atoms with Crippen molar-refractivity contribution in [3.05, 3.63) is 40.7 Å². The average molecular weight is 287 g/mol. The quantitative estimate of drug-likeness (QED) is 0.845. The Morgan fingerprint density at radius 3 is 3.10 bits per heavy atom. The molecule has 1 amide bonds. The zero-order chi connectivity index (χ0) is 14.4. The molecule has 0 spiro atoms. The predicted octanol–water partition coefficient (Wildman–Crippen LogP) is 1.83. The van der Waals surface area contributed by atoms with Gasteiger partial charge in [0, 0.05) is 18.3 Å². The Morgan fingerprint density at radius 1 is 1.50 bits per heavy atom. The molecule has 0 aliphatic rings. The summed E-state index contributed by atoms with van der Waals surface area (Å²) >= 11 is 1.29. The van der Waals surface area contributed by atoms with Crippen LogP contribution in [0.25, 0.3) is 0 Å². The van der Waals surface area contributed by atoms with Crippen LogP contribution >= 0.6 is 11.3 Å². The lowest BCUT2D eigenvalue weighted by Crippen LogP contribution is -2.13. The summed E-state index contributed by atoms with van der Waals surface area (Å²) < 4.78 is 0. The number of pyridine rings is 1. The number of aliphatic hydroxyl groups excluding tert-OH is 1. The fraction of sp³-hybridized carbons (Fsp3) is 0.214. The van der Waals surface area contributed by atoms with E-state index in [1.54, 1.807) is 31.5 Å². The number of carbonyl (C=O) groups is 1. The number of anilines is 1. The number of aromatic nitrogens is 2. The Labute approximate surface area is 120 Å². The maximum Gasteiger partial charge on any atom is 0.259 e. The molecule has 0 fully saturated rings. The first-order valence-electron chi connectivity index (χ1n) is 5.99. The van der Waals surface area contributed by atoms with E-state index in [9.17, 15) is 4.79 Å². The van der Waals surface area contributed by atoms with Crippen molar-refractivity contribution in [3.8, 4) is 11.8 Å². The van der Waals surface area contributed by atoms with Crippen molar-refractivity contribution in [1.82, 2.24) is 9.97 Å². The van der Waals surface area contributed by atoms with Crippen molar-refractivity contribution in [2.45, 2.75) is 13.3 Å². The Hall–Kier alpha value is -2.23. The number of thiazole rings is 1. The zero-order valence-corrected chi connectivity index (χ0v) is 11.7. The lowest BCUT2D eigenvalue weighted by atomic mass is 10.2. The van der Waals surface area contributed by atoms with Crippen LogP contribution in [0.5, 0.6) is 0 Å². The Kier molecular flexibility index (Phi) is 4.82. The van der Waals surface area contributed by atoms with E-state index in [2.05, 4.69) is 27.1 Å². The summed E-state index contributed by atoms with van der Waals surface area (Å²) in [6.07, 6.45) is 3.67. The van der Waals surface area contributed by atoms with Crippen LogP contribution in [-0.4, -0.2) is 27.6 Å². The third-order valence-corrected chi connectivity index (χ3v) is 3.25.